The van der Waals surface area contributed by atoms with Gasteiger partial charge < -0.3 is 10.6 Å². The molecule has 9 heteroatoms. The van der Waals surface area contributed by atoms with Gasteiger partial charge in [0.15, 0.2) is 5.96 Å². The average molecular weight is 505 g/mol. The van der Waals surface area contributed by atoms with E-state index in [1.807, 2.05) is 6.92 Å². The summed E-state index contributed by atoms with van der Waals surface area (Å²) in [6.07, 6.45) is 7.31. The third-order valence-electron chi connectivity index (χ3n) is 5.00. The second-order valence-corrected chi connectivity index (χ2v) is 11.4. The number of guanidine groups is 1. The molecule has 0 amide bonds. The van der Waals surface area contributed by atoms with Gasteiger partial charge in [0.2, 0.25) is 0 Å². The Morgan fingerprint density at radius 3 is 2.52 bits per heavy atom. The number of nitrogens with zero attached hydrogens (tertiary/aromatic N) is 1. The van der Waals surface area contributed by atoms with E-state index in [1.54, 1.807) is 7.05 Å². The molecule has 3 unspecified atom stereocenters. The smallest absolute Gasteiger partial charge is 0.191 e. The molecule has 0 aromatic heterocycles. The van der Waals surface area contributed by atoms with Crippen LogP contribution in [-0.2, 0) is 20.6 Å². The fourth-order valence-corrected chi connectivity index (χ4v) is 6.37. The Hall–Kier alpha value is 0.1000. The van der Waals surface area contributed by atoms with Crippen molar-refractivity contribution >= 4 is 50.6 Å². The SMILES string of the molecule is CCS(=O)C1CCCC(NC(=NC)NCC2(CS(C)(=O)=O)CC2)C1.I. The van der Waals surface area contributed by atoms with Gasteiger partial charge >= 0.3 is 0 Å². The lowest BCUT2D eigenvalue weighted by molar-refractivity contribution is 0.411. The normalized spacial score (nSPS) is 27.1. The van der Waals surface area contributed by atoms with Crippen LogP contribution in [0.2, 0.25) is 0 Å². The van der Waals surface area contributed by atoms with Crippen LogP contribution in [0.3, 0.4) is 0 Å². The maximum atomic E-state index is 12.0. The van der Waals surface area contributed by atoms with Crippen molar-refractivity contribution in [3.8, 4) is 0 Å². The highest BCUT2D eigenvalue weighted by molar-refractivity contribution is 14.0. The Bertz CT molecular complexity index is 591. The Labute approximate surface area is 171 Å². The number of aliphatic imine (C=N–C) groups is 1. The molecule has 0 saturated heterocycles. The number of sulfone groups is 1. The topological polar surface area (TPSA) is 87.6 Å². The Balaban J connectivity index is 0.00000312. The average Bonchev–Trinajstić information content (AvgIpc) is 3.28. The van der Waals surface area contributed by atoms with E-state index in [4.69, 9.17) is 0 Å². The molecule has 0 spiro atoms. The van der Waals surface area contributed by atoms with Gasteiger partial charge in [-0.1, -0.05) is 13.3 Å². The van der Waals surface area contributed by atoms with Crippen LogP contribution in [0.25, 0.3) is 0 Å². The molecule has 2 saturated carbocycles. The molecule has 2 rings (SSSR count). The van der Waals surface area contributed by atoms with E-state index >= 15 is 0 Å². The molecule has 148 valence electrons. The highest BCUT2D eigenvalue weighted by Gasteiger charge is 2.45. The molecule has 0 radical (unpaired) electrons. The van der Waals surface area contributed by atoms with Crippen molar-refractivity contribution in [1.82, 2.24) is 10.6 Å². The minimum atomic E-state index is -2.95. The number of hydrogen-bond acceptors (Lipinski definition) is 4. The van der Waals surface area contributed by atoms with E-state index < -0.39 is 20.6 Å². The van der Waals surface area contributed by atoms with Crippen LogP contribution in [0.1, 0.15) is 45.4 Å². The highest BCUT2D eigenvalue weighted by Crippen LogP contribution is 2.46. The zero-order chi connectivity index (χ0) is 17.8. The highest BCUT2D eigenvalue weighted by atomic mass is 127. The van der Waals surface area contributed by atoms with Crippen LogP contribution in [-0.4, -0.2) is 61.2 Å². The lowest BCUT2D eigenvalue weighted by atomic mass is 9.95. The first-order valence-electron chi connectivity index (χ1n) is 8.79. The number of nitrogens with one attached hydrogen (secondary N) is 2. The first-order chi connectivity index (χ1) is 11.3. The van der Waals surface area contributed by atoms with Gasteiger partial charge in [-0.25, -0.2) is 8.42 Å². The summed E-state index contributed by atoms with van der Waals surface area (Å²) < 4.78 is 35.1. The van der Waals surface area contributed by atoms with Crippen molar-refractivity contribution in [2.75, 3.05) is 31.4 Å². The van der Waals surface area contributed by atoms with Crippen molar-refractivity contribution in [2.24, 2.45) is 10.4 Å². The molecule has 2 fully saturated rings. The van der Waals surface area contributed by atoms with Gasteiger partial charge in [0, 0.05) is 53.1 Å². The first-order valence-corrected chi connectivity index (χ1v) is 12.2. The van der Waals surface area contributed by atoms with Crippen LogP contribution in [0.4, 0.5) is 0 Å². The molecule has 6 nitrogen and oxygen atoms in total. The minimum absolute atomic E-state index is 0. The van der Waals surface area contributed by atoms with Crippen molar-refractivity contribution in [3.05, 3.63) is 0 Å². The molecule has 0 bridgehead atoms. The predicted molar refractivity (Wildman–Crippen MR) is 116 cm³/mol. The van der Waals surface area contributed by atoms with Crippen molar-refractivity contribution in [2.45, 2.75) is 56.7 Å². The fourth-order valence-electron chi connectivity index (χ4n) is 3.51. The van der Waals surface area contributed by atoms with Crippen molar-refractivity contribution < 1.29 is 12.6 Å². The number of halogens is 1. The Kier molecular flexibility index (Phi) is 9.13. The molecule has 25 heavy (non-hydrogen) atoms. The third-order valence-corrected chi connectivity index (χ3v) is 7.88. The van der Waals surface area contributed by atoms with Crippen LogP contribution in [0.5, 0.6) is 0 Å². The lowest BCUT2D eigenvalue weighted by Gasteiger charge is -2.30. The van der Waals surface area contributed by atoms with Crippen LogP contribution in [0.15, 0.2) is 4.99 Å². The van der Waals surface area contributed by atoms with E-state index in [0.29, 0.717) is 6.54 Å². The fraction of sp³-hybridized carbons (Fsp3) is 0.938. The standard InChI is InChI=1S/C16H31N3O3S2.HI/c1-4-23(20)14-7-5-6-13(10-14)19-15(17-2)18-11-16(8-9-16)12-24(3,21)22;/h13-14H,4-12H2,1-3H3,(H2,17,18,19);1H. The van der Waals surface area contributed by atoms with E-state index in [0.717, 1.165) is 50.2 Å². The maximum absolute atomic E-state index is 12.0. The number of rotatable bonds is 7. The van der Waals surface area contributed by atoms with E-state index in [-0.39, 0.29) is 46.4 Å². The Morgan fingerprint density at radius 1 is 1.32 bits per heavy atom. The second-order valence-electron chi connectivity index (χ2n) is 7.30. The summed E-state index contributed by atoms with van der Waals surface area (Å²) in [5.41, 5.74) is -0.121. The van der Waals surface area contributed by atoms with Crippen LogP contribution >= 0.6 is 24.0 Å². The summed E-state index contributed by atoms with van der Waals surface area (Å²) in [7, 11) is -1.96. The molecule has 2 N–H and O–H groups in total. The summed E-state index contributed by atoms with van der Waals surface area (Å²) >= 11 is 0. The molecule has 2 aliphatic carbocycles. The van der Waals surface area contributed by atoms with Crippen molar-refractivity contribution in [3.63, 3.8) is 0 Å². The zero-order valence-corrected chi connectivity index (χ0v) is 19.4. The summed E-state index contributed by atoms with van der Waals surface area (Å²) in [4.78, 5) is 4.27. The molecule has 0 aromatic rings. The van der Waals surface area contributed by atoms with Gasteiger partial charge in [0.05, 0.1) is 5.75 Å². The van der Waals surface area contributed by atoms with E-state index in [2.05, 4.69) is 15.6 Å². The summed E-state index contributed by atoms with van der Waals surface area (Å²) in [5, 5.41) is 7.01. The van der Waals surface area contributed by atoms with E-state index in [9.17, 15) is 12.6 Å². The summed E-state index contributed by atoms with van der Waals surface area (Å²) in [5.74, 6) is 1.69. The molecule has 3 atom stereocenters. The first kappa shape index (κ1) is 23.1. The van der Waals surface area contributed by atoms with Gasteiger partial charge in [0.1, 0.15) is 9.84 Å². The second kappa shape index (κ2) is 9.87. The lowest BCUT2D eigenvalue weighted by Crippen LogP contribution is -2.48. The monoisotopic (exact) mass is 505 g/mol. The summed E-state index contributed by atoms with van der Waals surface area (Å²) in [6, 6.07) is 0.288. The third kappa shape index (κ3) is 7.70. The largest absolute Gasteiger partial charge is 0.356 e. The minimum Gasteiger partial charge on any atom is -0.356 e. The van der Waals surface area contributed by atoms with E-state index in [1.165, 1.54) is 6.26 Å². The maximum Gasteiger partial charge on any atom is 0.191 e. The molecular weight excluding hydrogens is 473 g/mol. The summed E-state index contributed by atoms with van der Waals surface area (Å²) in [6.45, 7) is 2.61. The van der Waals surface area contributed by atoms with Gasteiger partial charge in [-0.15, -0.1) is 24.0 Å². The van der Waals surface area contributed by atoms with Gasteiger partial charge in [-0.3, -0.25) is 9.20 Å². The number of hydrogen-bond donors (Lipinski definition) is 2. The molecule has 2 aliphatic rings. The van der Waals surface area contributed by atoms with Crippen LogP contribution < -0.4 is 10.6 Å². The van der Waals surface area contributed by atoms with Gasteiger partial charge in [-0.2, -0.15) is 0 Å². The zero-order valence-electron chi connectivity index (χ0n) is 15.4. The van der Waals surface area contributed by atoms with Crippen LogP contribution in [0, 0.1) is 5.41 Å². The van der Waals surface area contributed by atoms with Gasteiger partial charge in [0.25, 0.3) is 0 Å². The van der Waals surface area contributed by atoms with Crippen molar-refractivity contribution in [1.29, 1.82) is 0 Å². The molecule has 0 heterocycles. The molecule has 0 aliphatic heterocycles. The molecular formula is C16H32IN3O3S2. The Morgan fingerprint density at radius 2 is 2.00 bits per heavy atom. The predicted octanol–water partition coefficient (Wildman–Crippen LogP) is 1.67. The molecule has 0 aromatic carbocycles. The van der Waals surface area contributed by atoms with Gasteiger partial charge in [-0.05, 0) is 32.1 Å². The quantitative estimate of drug-likeness (QED) is 0.312.